The quantitative estimate of drug-likeness (QED) is 0.765. The van der Waals surface area contributed by atoms with Crippen LogP contribution in [0.4, 0.5) is 0 Å². The summed E-state index contributed by atoms with van der Waals surface area (Å²) in [5, 5.41) is 3.28. The summed E-state index contributed by atoms with van der Waals surface area (Å²) in [4.78, 5) is 14.6. The molecular weight excluding hydrogens is 216 g/mol. The molecule has 100 valence electrons. The van der Waals surface area contributed by atoms with Crippen molar-refractivity contribution in [2.75, 3.05) is 33.3 Å². The molecule has 1 heterocycles. The predicted molar refractivity (Wildman–Crippen MR) is 69.0 cm³/mol. The normalized spacial score (nSPS) is 19.0. The third-order valence-electron chi connectivity index (χ3n) is 3.47. The minimum atomic E-state index is -0.574. The largest absolute Gasteiger partial charge is 0.368 e. The fourth-order valence-electron chi connectivity index (χ4n) is 2.48. The summed E-state index contributed by atoms with van der Waals surface area (Å²) >= 11 is 0. The Bertz CT molecular complexity index is 232. The third kappa shape index (κ3) is 3.42. The Labute approximate surface area is 105 Å². The second kappa shape index (κ2) is 6.97. The number of ether oxygens (including phenoxy) is 1. The number of nitrogens with zero attached hydrogens (tertiary/aromatic N) is 1. The Morgan fingerprint density at radius 3 is 2.18 bits per heavy atom. The van der Waals surface area contributed by atoms with E-state index in [1.54, 1.807) is 7.11 Å². The second-order valence-corrected chi connectivity index (χ2v) is 4.74. The number of rotatable bonds is 6. The molecule has 0 saturated carbocycles. The van der Waals surface area contributed by atoms with E-state index in [-0.39, 0.29) is 5.91 Å². The van der Waals surface area contributed by atoms with Gasteiger partial charge in [-0.25, -0.2) is 0 Å². The van der Waals surface area contributed by atoms with Crippen molar-refractivity contribution in [3.63, 3.8) is 0 Å². The standard InChI is InChI=1S/C13H26N2O2/c1-4-10-15(11-5-2)12(16)13(17-3)6-8-14-9-7-13/h14H,4-11H2,1-3H3. The van der Waals surface area contributed by atoms with E-state index in [0.717, 1.165) is 51.9 Å². The molecule has 1 saturated heterocycles. The molecule has 0 aromatic rings. The van der Waals surface area contributed by atoms with E-state index < -0.39 is 5.60 Å². The van der Waals surface area contributed by atoms with Gasteiger partial charge >= 0.3 is 0 Å². The Morgan fingerprint density at radius 2 is 1.76 bits per heavy atom. The highest BCUT2D eigenvalue weighted by Crippen LogP contribution is 2.25. The van der Waals surface area contributed by atoms with Crippen molar-refractivity contribution in [3.8, 4) is 0 Å². The van der Waals surface area contributed by atoms with Crippen LogP contribution in [0.3, 0.4) is 0 Å². The fourth-order valence-corrected chi connectivity index (χ4v) is 2.48. The van der Waals surface area contributed by atoms with Crippen LogP contribution >= 0.6 is 0 Å². The predicted octanol–water partition coefficient (Wildman–Crippen LogP) is 1.40. The first-order valence-electron chi connectivity index (χ1n) is 6.75. The third-order valence-corrected chi connectivity index (χ3v) is 3.47. The van der Waals surface area contributed by atoms with Crippen LogP contribution in [-0.2, 0) is 9.53 Å². The zero-order valence-corrected chi connectivity index (χ0v) is 11.4. The van der Waals surface area contributed by atoms with Gasteiger partial charge in [0.25, 0.3) is 5.91 Å². The van der Waals surface area contributed by atoms with Crippen molar-refractivity contribution < 1.29 is 9.53 Å². The van der Waals surface area contributed by atoms with E-state index in [1.807, 2.05) is 4.90 Å². The van der Waals surface area contributed by atoms with Gasteiger partial charge in [0.05, 0.1) is 0 Å². The van der Waals surface area contributed by atoms with Gasteiger partial charge in [0.1, 0.15) is 5.60 Å². The van der Waals surface area contributed by atoms with Crippen LogP contribution in [0.5, 0.6) is 0 Å². The number of piperidine rings is 1. The smallest absolute Gasteiger partial charge is 0.254 e. The summed E-state index contributed by atoms with van der Waals surface area (Å²) in [6.45, 7) is 7.63. The van der Waals surface area contributed by atoms with Crippen molar-refractivity contribution in [1.29, 1.82) is 0 Å². The Kier molecular flexibility index (Phi) is 5.92. The minimum absolute atomic E-state index is 0.185. The fraction of sp³-hybridized carbons (Fsp3) is 0.923. The zero-order valence-electron chi connectivity index (χ0n) is 11.4. The Hall–Kier alpha value is -0.610. The molecule has 1 aliphatic rings. The van der Waals surface area contributed by atoms with E-state index >= 15 is 0 Å². The summed E-state index contributed by atoms with van der Waals surface area (Å²) in [7, 11) is 1.67. The van der Waals surface area contributed by atoms with Crippen molar-refractivity contribution in [2.45, 2.75) is 45.1 Å². The van der Waals surface area contributed by atoms with Crippen LogP contribution in [0.1, 0.15) is 39.5 Å². The lowest BCUT2D eigenvalue weighted by atomic mass is 9.90. The molecule has 1 amide bonds. The highest BCUT2D eigenvalue weighted by Gasteiger charge is 2.41. The molecule has 1 aliphatic heterocycles. The monoisotopic (exact) mass is 242 g/mol. The number of amides is 1. The average Bonchev–Trinajstić information content (AvgIpc) is 2.38. The maximum absolute atomic E-state index is 12.6. The lowest BCUT2D eigenvalue weighted by Gasteiger charge is -2.38. The molecule has 0 radical (unpaired) electrons. The second-order valence-electron chi connectivity index (χ2n) is 4.74. The van der Waals surface area contributed by atoms with Gasteiger partial charge < -0.3 is 15.0 Å². The van der Waals surface area contributed by atoms with Crippen LogP contribution in [-0.4, -0.2) is 49.7 Å². The molecule has 0 aromatic heterocycles. The van der Waals surface area contributed by atoms with Gasteiger partial charge in [-0.05, 0) is 38.8 Å². The van der Waals surface area contributed by atoms with Gasteiger partial charge in [-0.2, -0.15) is 0 Å². The van der Waals surface area contributed by atoms with Crippen molar-refractivity contribution in [1.82, 2.24) is 10.2 Å². The molecule has 0 aliphatic carbocycles. The number of carbonyl (C=O) groups is 1. The molecule has 17 heavy (non-hydrogen) atoms. The zero-order chi connectivity index (χ0) is 12.7. The van der Waals surface area contributed by atoms with Gasteiger partial charge in [0.15, 0.2) is 0 Å². The Balaban J connectivity index is 2.74. The maximum Gasteiger partial charge on any atom is 0.254 e. The molecule has 0 unspecified atom stereocenters. The van der Waals surface area contributed by atoms with Crippen molar-refractivity contribution >= 4 is 5.91 Å². The summed E-state index contributed by atoms with van der Waals surface area (Å²) in [6, 6.07) is 0. The number of nitrogens with one attached hydrogen (secondary N) is 1. The van der Waals surface area contributed by atoms with E-state index in [9.17, 15) is 4.79 Å². The lowest BCUT2D eigenvalue weighted by Crippen LogP contribution is -2.55. The maximum atomic E-state index is 12.6. The van der Waals surface area contributed by atoms with Gasteiger partial charge in [-0.3, -0.25) is 4.79 Å². The molecular formula is C13H26N2O2. The van der Waals surface area contributed by atoms with Crippen molar-refractivity contribution in [3.05, 3.63) is 0 Å². The van der Waals surface area contributed by atoms with Gasteiger partial charge in [0.2, 0.25) is 0 Å². The molecule has 1 rings (SSSR count). The van der Waals surface area contributed by atoms with E-state index in [0.29, 0.717) is 0 Å². The first kappa shape index (κ1) is 14.5. The molecule has 0 bridgehead atoms. The Morgan fingerprint density at radius 1 is 1.24 bits per heavy atom. The molecule has 0 atom stereocenters. The lowest BCUT2D eigenvalue weighted by molar-refractivity contribution is -0.158. The topological polar surface area (TPSA) is 41.6 Å². The van der Waals surface area contributed by atoms with Gasteiger partial charge in [-0.1, -0.05) is 13.8 Å². The number of hydrogen-bond acceptors (Lipinski definition) is 3. The number of methoxy groups -OCH3 is 1. The van der Waals surface area contributed by atoms with Crippen LogP contribution < -0.4 is 5.32 Å². The molecule has 0 spiro atoms. The summed E-state index contributed by atoms with van der Waals surface area (Å²) in [5.74, 6) is 0.185. The molecule has 1 fully saturated rings. The molecule has 4 heteroatoms. The highest BCUT2D eigenvalue weighted by molar-refractivity contribution is 5.85. The van der Waals surface area contributed by atoms with Crippen LogP contribution in [0.15, 0.2) is 0 Å². The van der Waals surface area contributed by atoms with Crippen LogP contribution in [0.25, 0.3) is 0 Å². The van der Waals surface area contributed by atoms with Gasteiger partial charge in [0, 0.05) is 20.2 Å². The SMILES string of the molecule is CCCN(CCC)C(=O)C1(OC)CCNCC1. The average molecular weight is 242 g/mol. The summed E-state index contributed by atoms with van der Waals surface area (Å²) < 4.78 is 5.58. The van der Waals surface area contributed by atoms with Crippen LogP contribution in [0, 0.1) is 0 Å². The number of carbonyl (C=O) groups excluding carboxylic acids is 1. The molecule has 1 N–H and O–H groups in total. The van der Waals surface area contributed by atoms with Crippen LogP contribution in [0.2, 0.25) is 0 Å². The summed E-state index contributed by atoms with van der Waals surface area (Å²) in [6.07, 6.45) is 3.58. The summed E-state index contributed by atoms with van der Waals surface area (Å²) in [5.41, 5.74) is -0.574. The minimum Gasteiger partial charge on any atom is -0.368 e. The van der Waals surface area contributed by atoms with E-state index in [1.165, 1.54) is 0 Å². The van der Waals surface area contributed by atoms with Gasteiger partial charge in [-0.15, -0.1) is 0 Å². The van der Waals surface area contributed by atoms with E-state index in [4.69, 9.17) is 4.74 Å². The first-order chi connectivity index (χ1) is 8.20. The number of hydrogen-bond donors (Lipinski definition) is 1. The molecule has 4 nitrogen and oxygen atoms in total. The molecule has 0 aromatic carbocycles. The highest BCUT2D eigenvalue weighted by atomic mass is 16.5. The first-order valence-corrected chi connectivity index (χ1v) is 6.75. The van der Waals surface area contributed by atoms with Crippen molar-refractivity contribution in [2.24, 2.45) is 0 Å². The van der Waals surface area contributed by atoms with E-state index in [2.05, 4.69) is 19.2 Å².